The predicted molar refractivity (Wildman–Crippen MR) is 119 cm³/mol. The number of hydrogen-bond acceptors (Lipinski definition) is 5. The third kappa shape index (κ3) is 5.66. The Morgan fingerprint density at radius 3 is 2.26 bits per heavy atom. The number of hydrogen-bond donors (Lipinski definition) is 2. The molecule has 0 radical (unpaired) electrons. The van der Waals surface area contributed by atoms with Gasteiger partial charge < -0.3 is 24.8 Å². The molecule has 1 heterocycles. The molecule has 7 heteroatoms. The molecule has 7 nitrogen and oxygen atoms in total. The Hall–Kier alpha value is -3.74. The molecule has 2 aromatic carbocycles. The number of aromatic nitrogens is 1. The summed E-state index contributed by atoms with van der Waals surface area (Å²) < 4.78 is 16.5. The number of carbonyl (C=O) groups is 1. The first-order valence-electron chi connectivity index (χ1n) is 10.0. The number of urea groups is 1. The molecule has 0 spiro atoms. The summed E-state index contributed by atoms with van der Waals surface area (Å²) in [5.74, 6) is 1.64. The van der Waals surface area contributed by atoms with Crippen molar-refractivity contribution in [3.05, 3.63) is 83.7 Å². The van der Waals surface area contributed by atoms with E-state index in [2.05, 4.69) is 15.6 Å². The Morgan fingerprint density at radius 1 is 1.00 bits per heavy atom. The van der Waals surface area contributed by atoms with E-state index in [-0.39, 0.29) is 18.6 Å². The van der Waals surface area contributed by atoms with Gasteiger partial charge in [-0.2, -0.15) is 0 Å². The molecule has 162 valence electrons. The van der Waals surface area contributed by atoms with E-state index in [0.717, 1.165) is 16.8 Å². The van der Waals surface area contributed by atoms with E-state index in [9.17, 15) is 4.79 Å². The van der Waals surface area contributed by atoms with Gasteiger partial charge in [-0.05, 0) is 42.3 Å². The minimum atomic E-state index is -0.369. The van der Waals surface area contributed by atoms with E-state index in [1.54, 1.807) is 20.4 Å². The number of benzene rings is 2. The molecule has 1 aromatic heterocycles. The minimum Gasteiger partial charge on any atom is -0.493 e. The van der Waals surface area contributed by atoms with Crippen molar-refractivity contribution in [3.63, 3.8) is 0 Å². The Balaban J connectivity index is 1.74. The van der Waals surface area contributed by atoms with Gasteiger partial charge >= 0.3 is 6.03 Å². The maximum Gasteiger partial charge on any atom is 0.315 e. The van der Waals surface area contributed by atoms with Gasteiger partial charge in [0.05, 0.1) is 32.6 Å². The first kappa shape index (κ1) is 22.0. The largest absolute Gasteiger partial charge is 0.493 e. The van der Waals surface area contributed by atoms with Crippen molar-refractivity contribution in [3.8, 4) is 17.2 Å². The average Bonchev–Trinajstić information content (AvgIpc) is 2.82. The molecule has 3 aromatic rings. The monoisotopic (exact) mass is 421 g/mol. The second kappa shape index (κ2) is 10.9. The highest BCUT2D eigenvalue weighted by atomic mass is 16.5. The maximum atomic E-state index is 12.7. The van der Waals surface area contributed by atoms with Crippen LogP contribution in [0.25, 0.3) is 0 Å². The molecule has 1 atom stereocenters. The summed E-state index contributed by atoms with van der Waals surface area (Å²) in [4.78, 5) is 17.1. The standard InChI is InChI=1S/C24H27N3O4/c1-4-31-23-20(29-2)14-17(15-21(23)30-3)16-26-24(28)27-22(18-10-6-5-7-11-18)19-12-8-9-13-25-19/h5-15,22H,4,16H2,1-3H3,(H2,26,27,28). The zero-order valence-corrected chi connectivity index (χ0v) is 17.9. The number of carbonyl (C=O) groups excluding carboxylic acids is 1. The molecule has 1 unspecified atom stereocenters. The van der Waals surface area contributed by atoms with Crippen molar-refractivity contribution >= 4 is 6.03 Å². The fraction of sp³-hybridized carbons (Fsp3) is 0.250. The van der Waals surface area contributed by atoms with Crippen LogP contribution < -0.4 is 24.8 Å². The van der Waals surface area contributed by atoms with Crippen molar-refractivity contribution in [1.29, 1.82) is 0 Å². The van der Waals surface area contributed by atoms with E-state index in [1.807, 2.05) is 67.6 Å². The molecule has 0 aliphatic carbocycles. The number of amides is 2. The van der Waals surface area contributed by atoms with Gasteiger partial charge in [-0.1, -0.05) is 36.4 Å². The van der Waals surface area contributed by atoms with Crippen LogP contribution in [0.15, 0.2) is 66.9 Å². The van der Waals surface area contributed by atoms with Crippen LogP contribution >= 0.6 is 0 Å². The SMILES string of the molecule is CCOc1c(OC)cc(CNC(=O)NC(c2ccccc2)c2ccccn2)cc1OC. The second-order valence-corrected chi connectivity index (χ2v) is 6.69. The van der Waals surface area contributed by atoms with Gasteiger partial charge in [0.2, 0.25) is 5.75 Å². The maximum absolute atomic E-state index is 12.7. The molecule has 0 saturated carbocycles. The van der Waals surface area contributed by atoms with Crippen molar-refractivity contribution in [2.45, 2.75) is 19.5 Å². The topological polar surface area (TPSA) is 81.7 Å². The van der Waals surface area contributed by atoms with Gasteiger partial charge in [0.25, 0.3) is 0 Å². The van der Waals surface area contributed by atoms with Gasteiger partial charge in [-0.3, -0.25) is 4.98 Å². The zero-order valence-electron chi connectivity index (χ0n) is 17.9. The number of ether oxygens (including phenoxy) is 3. The molecule has 3 rings (SSSR count). The summed E-state index contributed by atoms with van der Waals surface area (Å²) >= 11 is 0. The van der Waals surface area contributed by atoms with Gasteiger partial charge in [0.15, 0.2) is 11.5 Å². The summed E-state index contributed by atoms with van der Waals surface area (Å²) in [6, 6.07) is 18.3. The summed E-state index contributed by atoms with van der Waals surface area (Å²) in [6.07, 6.45) is 1.71. The van der Waals surface area contributed by atoms with Crippen LogP contribution in [0.2, 0.25) is 0 Å². The highest BCUT2D eigenvalue weighted by molar-refractivity contribution is 5.75. The fourth-order valence-electron chi connectivity index (χ4n) is 3.21. The molecular formula is C24H27N3O4. The lowest BCUT2D eigenvalue weighted by molar-refractivity contribution is 0.238. The van der Waals surface area contributed by atoms with Gasteiger partial charge in [-0.25, -0.2) is 4.79 Å². The molecule has 0 saturated heterocycles. The Bertz CT molecular complexity index is 916. The molecule has 2 amide bonds. The van der Waals surface area contributed by atoms with E-state index in [0.29, 0.717) is 23.9 Å². The smallest absolute Gasteiger partial charge is 0.315 e. The lowest BCUT2D eigenvalue weighted by Crippen LogP contribution is -2.38. The van der Waals surface area contributed by atoms with Crippen molar-refractivity contribution in [2.75, 3.05) is 20.8 Å². The lowest BCUT2D eigenvalue weighted by atomic mass is 10.0. The summed E-state index contributed by atoms with van der Waals surface area (Å²) in [7, 11) is 3.14. The number of rotatable bonds is 9. The van der Waals surface area contributed by atoms with Crippen molar-refractivity contribution in [2.24, 2.45) is 0 Å². The number of pyridine rings is 1. The van der Waals surface area contributed by atoms with Crippen molar-refractivity contribution in [1.82, 2.24) is 15.6 Å². The van der Waals surface area contributed by atoms with Gasteiger partial charge in [0, 0.05) is 12.7 Å². The van der Waals surface area contributed by atoms with Crippen LogP contribution in [0, 0.1) is 0 Å². The van der Waals surface area contributed by atoms with E-state index in [1.165, 1.54) is 0 Å². The zero-order chi connectivity index (χ0) is 22.1. The van der Waals surface area contributed by atoms with Gasteiger partial charge in [0.1, 0.15) is 0 Å². The first-order valence-corrected chi connectivity index (χ1v) is 10.0. The third-order valence-electron chi connectivity index (χ3n) is 4.65. The molecule has 0 aliphatic rings. The summed E-state index contributed by atoms with van der Waals surface area (Å²) in [5, 5.41) is 5.90. The quantitative estimate of drug-likeness (QED) is 0.544. The summed E-state index contributed by atoms with van der Waals surface area (Å²) in [6.45, 7) is 2.67. The Morgan fingerprint density at radius 2 is 1.68 bits per heavy atom. The lowest BCUT2D eigenvalue weighted by Gasteiger charge is -2.20. The number of nitrogens with zero attached hydrogens (tertiary/aromatic N) is 1. The molecular weight excluding hydrogens is 394 g/mol. The minimum absolute atomic E-state index is 0.286. The molecule has 0 aliphatic heterocycles. The fourth-order valence-corrected chi connectivity index (χ4v) is 3.21. The average molecular weight is 421 g/mol. The van der Waals surface area contributed by atoms with Crippen LogP contribution in [-0.2, 0) is 6.54 Å². The Labute approximate surface area is 182 Å². The molecule has 0 bridgehead atoms. The van der Waals surface area contributed by atoms with E-state index < -0.39 is 0 Å². The van der Waals surface area contributed by atoms with Gasteiger partial charge in [-0.15, -0.1) is 0 Å². The number of methoxy groups -OCH3 is 2. The molecule has 31 heavy (non-hydrogen) atoms. The molecule has 2 N–H and O–H groups in total. The van der Waals surface area contributed by atoms with Crippen LogP contribution in [-0.4, -0.2) is 31.8 Å². The normalized spacial score (nSPS) is 11.3. The third-order valence-corrected chi connectivity index (χ3v) is 4.65. The first-order chi connectivity index (χ1) is 15.2. The van der Waals surface area contributed by atoms with Crippen molar-refractivity contribution < 1.29 is 19.0 Å². The van der Waals surface area contributed by atoms with Crippen LogP contribution in [0.3, 0.4) is 0 Å². The number of nitrogens with one attached hydrogen (secondary N) is 2. The van der Waals surface area contributed by atoms with E-state index >= 15 is 0 Å². The van der Waals surface area contributed by atoms with Crippen LogP contribution in [0.5, 0.6) is 17.2 Å². The molecule has 0 fully saturated rings. The second-order valence-electron chi connectivity index (χ2n) is 6.69. The highest BCUT2D eigenvalue weighted by Crippen LogP contribution is 2.38. The summed E-state index contributed by atoms with van der Waals surface area (Å²) in [5.41, 5.74) is 2.52. The highest BCUT2D eigenvalue weighted by Gasteiger charge is 2.18. The predicted octanol–water partition coefficient (Wildman–Crippen LogP) is 4.09. The Kier molecular flexibility index (Phi) is 7.70. The van der Waals surface area contributed by atoms with Crippen LogP contribution in [0.1, 0.15) is 29.8 Å². The van der Waals surface area contributed by atoms with Crippen LogP contribution in [0.4, 0.5) is 4.79 Å². The van der Waals surface area contributed by atoms with E-state index in [4.69, 9.17) is 14.2 Å².